The van der Waals surface area contributed by atoms with E-state index in [1.54, 1.807) is 0 Å². The van der Waals surface area contributed by atoms with Crippen LogP contribution in [-0.4, -0.2) is 91.5 Å². The number of alkyl halides is 3. The number of amides is 2. The van der Waals surface area contributed by atoms with Crippen LogP contribution in [0.2, 0.25) is 0 Å². The molecule has 2 saturated heterocycles. The van der Waals surface area contributed by atoms with Crippen molar-refractivity contribution in [2.75, 3.05) is 52.3 Å². The summed E-state index contributed by atoms with van der Waals surface area (Å²) in [4.78, 5) is 32.3. The van der Waals surface area contributed by atoms with Gasteiger partial charge in [0.15, 0.2) is 0 Å². The number of carbonyl (C=O) groups is 2. The van der Waals surface area contributed by atoms with Gasteiger partial charge in [-0.3, -0.25) is 14.5 Å². The Kier molecular flexibility index (Phi) is 11.1. The zero-order chi connectivity index (χ0) is 34.4. The lowest BCUT2D eigenvalue weighted by molar-refractivity contribution is -0.140. The third kappa shape index (κ3) is 8.38. The zero-order valence-electron chi connectivity index (χ0n) is 27.2. The van der Waals surface area contributed by atoms with Crippen LogP contribution < -0.4 is 20.7 Å². The van der Waals surface area contributed by atoms with Gasteiger partial charge in [-0.1, -0.05) is 18.8 Å². The van der Waals surface area contributed by atoms with E-state index in [9.17, 15) is 27.2 Å². The van der Waals surface area contributed by atoms with E-state index in [0.29, 0.717) is 11.6 Å². The minimum atomic E-state index is -4.50. The smallest absolute Gasteiger partial charge is 0.406 e. The molecule has 2 amide bonds. The largest absolute Gasteiger partial charge is 0.495 e. The number of fused-ring (bicyclic) bond motifs is 1. The van der Waals surface area contributed by atoms with Crippen molar-refractivity contribution >= 4 is 28.5 Å². The van der Waals surface area contributed by atoms with E-state index in [1.807, 2.05) is 0 Å². The molecule has 258 valence electrons. The highest BCUT2D eigenvalue weighted by Crippen LogP contribution is 2.29. The summed E-state index contributed by atoms with van der Waals surface area (Å²) in [7, 11) is 2.76. The Hall–Kier alpha value is -4.35. The van der Waals surface area contributed by atoms with Crippen molar-refractivity contribution < 1.29 is 36.6 Å². The van der Waals surface area contributed by atoms with Gasteiger partial charge in [0.2, 0.25) is 0 Å². The molecule has 10 nitrogen and oxygen atoms in total. The second-order valence-electron chi connectivity index (χ2n) is 12.2. The molecule has 1 aromatic heterocycles. The van der Waals surface area contributed by atoms with Crippen molar-refractivity contribution in [1.82, 2.24) is 25.1 Å². The number of nitrogens with one attached hydrogen (secondary N) is 3. The number of hydrogen-bond donors (Lipinski definition) is 3. The van der Waals surface area contributed by atoms with E-state index in [0.717, 1.165) is 68.9 Å². The van der Waals surface area contributed by atoms with Crippen LogP contribution in [-0.2, 0) is 11.3 Å². The van der Waals surface area contributed by atoms with Crippen LogP contribution in [0.1, 0.15) is 58.9 Å². The first-order valence-corrected chi connectivity index (χ1v) is 16.0. The van der Waals surface area contributed by atoms with Gasteiger partial charge < -0.3 is 30.0 Å². The number of nitrogens with zero attached hydrogens (tertiary/aromatic N) is 3. The Morgan fingerprint density at radius 2 is 1.92 bits per heavy atom. The third-order valence-corrected chi connectivity index (χ3v) is 8.87. The number of anilines is 1. The lowest BCUT2D eigenvalue weighted by atomic mass is 9.91. The lowest BCUT2D eigenvalue weighted by Gasteiger charge is -2.41. The molecule has 48 heavy (non-hydrogen) atoms. The van der Waals surface area contributed by atoms with Crippen LogP contribution in [0.4, 0.5) is 23.2 Å². The molecule has 3 atom stereocenters. The summed E-state index contributed by atoms with van der Waals surface area (Å²) in [6.45, 7) is 4.02. The molecule has 2 aliphatic rings. The number of benzene rings is 2. The Morgan fingerprint density at radius 1 is 1.10 bits per heavy atom. The summed E-state index contributed by atoms with van der Waals surface area (Å²) in [5.41, 5.74) is 0.794. The maximum atomic E-state index is 14.6. The van der Waals surface area contributed by atoms with Crippen molar-refractivity contribution in [3.8, 4) is 17.6 Å². The molecule has 2 fully saturated rings. The molecule has 1 unspecified atom stereocenters. The maximum Gasteiger partial charge on any atom is 0.406 e. The van der Waals surface area contributed by atoms with Crippen LogP contribution in [0.5, 0.6) is 5.75 Å². The number of likely N-dealkylation sites (tertiary alicyclic amines) is 1. The molecule has 0 bridgehead atoms. The number of imidazole rings is 1. The van der Waals surface area contributed by atoms with E-state index in [1.165, 1.54) is 32.4 Å². The van der Waals surface area contributed by atoms with Crippen LogP contribution in [0.25, 0.3) is 11.0 Å². The van der Waals surface area contributed by atoms with Crippen molar-refractivity contribution in [3.63, 3.8) is 0 Å². The number of aromatic nitrogens is 2. The van der Waals surface area contributed by atoms with Gasteiger partial charge >= 0.3 is 6.18 Å². The quantitative estimate of drug-likeness (QED) is 0.238. The molecular formula is C34H40F4N6O4. The van der Waals surface area contributed by atoms with Gasteiger partial charge in [0, 0.05) is 57.1 Å². The van der Waals surface area contributed by atoms with Crippen LogP contribution in [0.15, 0.2) is 30.6 Å². The summed E-state index contributed by atoms with van der Waals surface area (Å²) < 4.78 is 66.6. The zero-order valence-corrected chi connectivity index (χ0v) is 27.2. The summed E-state index contributed by atoms with van der Waals surface area (Å²) in [6.07, 6.45) is 0.418. The molecule has 3 aromatic rings. The number of carbonyl (C=O) groups excluding carboxylic acids is 2. The minimum absolute atomic E-state index is 0.000289. The van der Waals surface area contributed by atoms with Crippen molar-refractivity contribution in [1.29, 1.82) is 0 Å². The summed E-state index contributed by atoms with van der Waals surface area (Å²) in [5, 5.41) is 8.42. The molecule has 2 aromatic carbocycles. The Bertz CT molecular complexity index is 1690. The summed E-state index contributed by atoms with van der Waals surface area (Å²) in [5.74, 6) is 4.36. The third-order valence-electron chi connectivity index (χ3n) is 8.87. The van der Waals surface area contributed by atoms with Crippen molar-refractivity contribution in [2.24, 2.45) is 5.92 Å². The Balaban J connectivity index is 1.35. The van der Waals surface area contributed by atoms with Crippen LogP contribution in [0.3, 0.4) is 0 Å². The fourth-order valence-electron chi connectivity index (χ4n) is 6.40. The van der Waals surface area contributed by atoms with E-state index < -0.39 is 30.4 Å². The van der Waals surface area contributed by atoms with Gasteiger partial charge in [-0.25, -0.2) is 9.37 Å². The normalized spacial score (nSPS) is 20.4. The summed E-state index contributed by atoms with van der Waals surface area (Å²) >= 11 is 0. The molecule has 5 rings (SSSR count). The molecular weight excluding hydrogens is 632 g/mol. The molecule has 2 aliphatic heterocycles. The Morgan fingerprint density at radius 3 is 2.65 bits per heavy atom. The second-order valence-corrected chi connectivity index (χ2v) is 12.2. The topological polar surface area (TPSA) is 110 Å². The van der Waals surface area contributed by atoms with E-state index in [-0.39, 0.29) is 52.1 Å². The molecule has 3 N–H and O–H groups in total. The van der Waals surface area contributed by atoms with E-state index in [2.05, 4.69) is 44.6 Å². The van der Waals surface area contributed by atoms with Gasteiger partial charge in [-0.2, -0.15) is 13.2 Å². The number of hydrogen-bond acceptors (Lipinski definition) is 7. The second kappa shape index (κ2) is 15.3. The lowest BCUT2D eigenvalue weighted by Crippen LogP contribution is -2.52. The first-order valence-electron chi connectivity index (χ1n) is 16.0. The number of rotatable bonds is 8. The highest BCUT2D eigenvalue weighted by Gasteiger charge is 2.33. The predicted octanol–water partition coefficient (Wildman–Crippen LogP) is 4.58. The first kappa shape index (κ1) is 35.0. The SMILES string of the molecule is CNC(=O)c1cc(OC)c(NCC#Cc2cc(C(=O)N[C@H]3CCN(C4CCCOCC4)C[C@@H]3C)c3ncn(CC(F)(F)F)c3c2)cc1F. The average Bonchev–Trinajstić information content (AvgIpc) is 3.24. The van der Waals surface area contributed by atoms with Gasteiger partial charge in [0.25, 0.3) is 11.8 Å². The van der Waals surface area contributed by atoms with E-state index in [4.69, 9.17) is 9.47 Å². The molecule has 0 aliphatic carbocycles. The first-order chi connectivity index (χ1) is 23.0. The molecule has 14 heteroatoms. The van der Waals surface area contributed by atoms with Gasteiger partial charge in [0.1, 0.15) is 23.6 Å². The Labute approximate surface area is 276 Å². The highest BCUT2D eigenvalue weighted by atomic mass is 19.4. The maximum absolute atomic E-state index is 14.6. The predicted molar refractivity (Wildman–Crippen MR) is 173 cm³/mol. The minimum Gasteiger partial charge on any atom is -0.495 e. The fraction of sp³-hybridized carbons (Fsp3) is 0.500. The average molecular weight is 673 g/mol. The van der Waals surface area contributed by atoms with Crippen molar-refractivity contribution in [3.05, 3.63) is 53.1 Å². The van der Waals surface area contributed by atoms with Crippen molar-refractivity contribution in [2.45, 2.75) is 57.4 Å². The van der Waals surface area contributed by atoms with Gasteiger partial charge in [-0.15, -0.1) is 0 Å². The summed E-state index contributed by atoms with van der Waals surface area (Å²) in [6, 6.07) is 5.71. The highest BCUT2D eigenvalue weighted by molar-refractivity contribution is 6.05. The standard InChI is InChI=1S/C34H40F4N6O4/c1-21-18-43(23-7-5-12-48-13-9-23)11-8-27(21)42-33(46)25-14-22(15-29-31(25)41-20-44(29)19-34(36,37)38)6-4-10-40-28-17-26(35)24(32(45)39-2)16-30(28)47-3/h14-17,20-21,23,27,40H,5,7-13,18-19H2,1-3H3,(H,39,45)(H,42,46)/t21-,23?,27-/m0/s1. The molecule has 0 saturated carbocycles. The van der Waals surface area contributed by atoms with Gasteiger partial charge in [-0.05, 0) is 49.8 Å². The number of halogens is 4. The van der Waals surface area contributed by atoms with Crippen LogP contribution in [0, 0.1) is 23.6 Å². The fourth-order valence-corrected chi connectivity index (χ4v) is 6.40. The monoisotopic (exact) mass is 672 g/mol. The van der Waals surface area contributed by atoms with Gasteiger partial charge in [0.05, 0.1) is 42.3 Å². The molecule has 3 heterocycles. The molecule has 0 radical (unpaired) electrons. The number of piperidine rings is 1. The van der Waals surface area contributed by atoms with Crippen LogP contribution >= 0.6 is 0 Å². The number of methoxy groups -OCH3 is 1. The molecule has 0 spiro atoms. The van der Waals surface area contributed by atoms with E-state index >= 15 is 0 Å². The number of ether oxygens (including phenoxy) is 2.